The van der Waals surface area contributed by atoms with Crippen LogP contribution in [-0.4, -0.2) is 0 Å². The zero-order chi connectivity index (χ0) is 11.3. The maximum Gasteiger partial charge on any atom is -0.0171 e. The van der Waals surface area contributed by atoms with Gasteiger partial charge in [0.1, 0.15) is 0 Å². The Balaban J connectivity index is 2.70. The molecule has 0 saturated carbocycles. The van der Waals surface area contributed by atoms with Crippen LogP contribution in [0, 0.1) is 5.92 Å². The Morgan fingerprint density at radius 3 is 2.53 bits per heavy atom. The van der Waals surface area contributed by atoms with Crippen molar-refractivity contribution in [2.24, 2.45) is 5.92 Å². The highest BCUT2D eigenvalue weighted by atomic mass is 14.1. The smallest absolute Gasteiger partial charge is 0.0171 e. The van der Waals surface area contributed by atoms with Crippen LogP contribution in [0.2, 0.25) is 0 Å². The molecule has 1 atom stereocenters. The van der Waals surface area contributed by atoms with Crippen LogP contribution in [0.15, 0.2) is 35.5 Å². The summed E-state index contributed by atoms with van der Waals surface area (Å²) in [6.07, 6.45) is 10.9. The van der Waals surface area contributed by atoms with Gasteiger partial charge in [0.2, 0.25) is 0 Å². The standard InChI is InChI=1S/C15H24/c1-12(2)15-10-8-13(3)6-5-7-14(4)9-11-15/h6,9,15H,1,5,7-8,10-11H2,2-4H3/b13-6-,14-9+/t15-/m0/s1. The summed E-state index contributed by atoms with van der Waals surface area (Å²) in [5.41, 5.74) is 4.43. The second-order valence-electron chi connectivity index (χ2n) is 4.96. The molecular formula is C15H24. The molecule has 0 heteroatoms. The van der Waals surface area contributed by atoms with E-state index < -0.39 is 0 Å². The molecule has 1 rings (SSSR count). The molecule has 0 aromatic heterocycles. The fourth-order valence-electron chi connectivity index (χ4n) is 2.06. The number of rotatable bonds is 1. The Kier molecular flexibility index (Phi) is 4.87. The van der Waals surface area contributed by atoms with Gasteiger partial charge in [-0.05, 0) is 58.8 Å². The molecular weight excluding hydrogens is 180 g/mol. The summed E-state index contributed by atoms with van der Waals surface area (Å²) in [5, 5.41) is 0. The van der Waals surface area contributed by atoms with Gasteiger partial charge in [-0.2, -0.15) is 0 Å². The Bertz CT molecular complexity index is 278. The van der Waals surface area contributed by atoms with Crippen LogP contribution in [-0.2, 0) is 0 Å². The summed E-state index contributed by atoms with van der Waals surface area (Å²) >= 11 is 0. The molecule has 1 aliphatic rings. The second-order valence-corrected chi connectivity index (χ2v) is 4.96. The van der Waals surface area contributed by atoms with E-state index in [0.717, 1.165) is 0 Å². The molecule has 0 nitrogen and oxygen atoms in total. The first-order valence-electron chi connectivity index (χ1n) is 6.06. The van der Waals surface area contributed by atoms with E-state index in [9.17, 15) is 0 Å². The van der Waals surface area contributed by atoms with E-state index in [1.807, 2.05) is 0 Å². The third kappa shape index (κ3) is 4.51. The van der Waals surface area contributed by atoms with Gasteiger partial charge >= 0.3 is 0 Å². The van der Waals surface area contributed by atoms with Crippen molar-refractivity contribution >= 4 is 0 Å². The van der Waals surface area contributed by atoms with Crippen LogP contribution in [0.1, 0.15) is 52.9 Å². The Labute approximate surface area is 94.8 Å². The number of hydrogen-bond acceptors (Lipinski definition) is 0. The van der Waals surface area contributed by atoms with E-state index in [1.54, 1.807) is 5.57 Å². The largest absolute Gasteiger partial charge is 0.0998 e. The maximum atomic E-state index is 4.11. The van der Waals surface area contributed by atoms with Gasteiger partial charge in [0.05, 0.1) is 0 Å². The summed E-state index contributed by atoms with van der Waals surface area (Å²) in [4.78, 5) is 0. The molecule has 0 aliphatic heterocycles. The van der Waals surface area contributed by atoms with Crippen molar-refractivity contribution in [3.63, 3.8) is 0 Å². The zero-order valence-electron chi connectivity index (χ0n) is 10.5. The highest BCUT2D eigenvalue weighted by molar-refractivity contribution is 5.09. The first-order valence-corrected chi connectivity index (χ1v) is 6.06. The highest BCUT2D eigenvalue weighted by Crippen LogP contribution is 2.25. The lowest BCUT2D eigenvalue weighted by atomic mass is 9.89. The van der Waals surface area contributed by atoms with Crippen molar-refractivity contribution in [2.75, 3.05) is 0 Å². The second kappa shape index (κ2) is 5.95. The van der Waals surface area contributed by atoms with Crippen molar-refractivity contribution in [3.05, 3.63) is 35.5 Å². The average Bonchev–Trinajstić information content (AvgIpc) is 2.16. The predicted octanol–water partition coefficient (Wildman–Crippen LogP) is 5.04. The van der Waals surface area contributed by atoms with Crippen molar-refractivity contribution in [3.8, 4) is 0 Å². The van der Waals surface area contributed by atoms with Crippen LogP contribution in [0.25, 0.3) is 0 Å². The van der Waals surface area contributed by atoms with Gasteiger partial charge in [0.25, 0.3) is 0 Å². The van der Waals surface area contributed by atoms with Crippen LogP contribution < -0.4 is 0 Å². The van der Waals surface area contributed by atoms with E-state index >= 15 is 0 Å². The van der Waals surface area contributed by atoms with Gasteiger partial charge in [0, 0.05) is 0 Å². The summed E-state index contributed by atoms with van der Waals surface area (Å²) in [6, 6.07) is 0. The fourth-order valence-corrected chi connectivity index (χ4v) is 2.06. The molecule has 84 valence electrons. The van der Waals surface area contributed by atoms with E-state index in [0.29, 0.717) is 5.92 Å². The van der Waals surface area contributed by atoms with Gasteiger partial charge in [-0.25, -0.2) is 0 Å². The highest BCUT2D eigenvalue weighted by Gasteiger charge is 2.09. The third-order valence-electron chi connectivity index (χ3n) is 3.37. The Hall–Kier alpha value is -0.780. The van der Waals surface area contributed by atoms with E-state index in [1.165, 1.54) is 43.3 Å². The lowest BCUT2D eigenvalue weighted by Gasteiger charge is -2.17. The quantitative estimate of drug-likeness (QED) is 0.525. The third-order valence-corrected chi connectivity index (χ3v) is 3.37. The Morgan fingerprint density at radius 1 is 1.20 bits per heavy atom. The number of hydrogen-bond donors (Lipinski definition) is 0. The van der Waals surface area contributed by atoms with Crippen LogP contribution in [0.4, 0.5) is 0 Å². The molecule has 15 heavy (non-hydrogen) atoms. The normalized spacial score (nSPS) is 31.0. The molecule has 0 saturated heterocycles. The fraction of sp³-hybridized carbons (Fsp3) is 0.600. The zero-order valence-corrected chi connectivity index (χ0v) is 10.5. The number of allylic oxidation sites excluding steroid dienone is 5. The molecule has 1 aliphatic carbocycles. The molecule has 0 radical (unpaired) electrons. The van der Waals surface area contributed by atoms with Crippen LogP contribution >= 0.6 is 0 Å². The van der Waals surface area contributed by atoms with Gasteiger partial charge in [-0.1, -0.05) is 35.5 Å². The minimum Gasteiger partial charge on any atom is -0.0998 e. The van der Waals surface area contributed by atoms with Gasteiger partial charge < -0.3 is 0 Å². The summed E-state index contributed by atoms with van der Waals surface area (Å²) in [5.74, 6) is 0.682. The monoisotopic (exact) mass is 204 g/mol. The first kappa shape index (κ1) is 12.3. The molecule has 0 N–H and O–H groups in total. The molecule has 0 fully saturated rings. The van der Waals surface area contributed by atoms with Crippen molar-refractivity contribution in [1.82, 2.24) is 0 Å². The summed E-state index contributed by atoms with van der Waals surface area (Å²) < 4.78 is 0. The minimum atomic E-state index is 0.682. The molecule has 0 spiro atoms. The van der Waals surface area contributed by atoms with Crippen molar-refractivity contribution < 1.29 is 0 Å². The van der Waals surface area contributed by atoms with Gasteiger partial charge in [-0.15, -0.1) is 0 Å². The molecule has 0 amide bonds. The van der Waals surface area contributed by atoms with Crippen LogP contribution in [0.3, 0.4) is 0 Å². The summed E-state index contributed by atoms with van der Waals surface area (Å²) in [7, 11) is 0. The molecule has 0 heterocycles. The topological polar surface area (TPSA) is 0 Å². The van der Waals surface area contributed by atoms with Gasteiger partial charge in [-0.3, -0.25) is 0 Å². The van der Waals surface area contributed by atoms with Crippen LogP contribution in [0.5, 0.6) is 0 Å². The Morgan fingerprint density at radius 2 is 1.87 bits per heavy atom. The van der Waals surface area contributed by atoms with Crippen molar-refractivity contribution in [2.45, 2.75) is 52.9 Å². The summed E-state index contributed by atoms with van der Waals surface area (Å²) in [6.45, 7) is 10.8. The lowest BCUT2D eigenvalue weighted by molar-refractivity contribution is 0.562. The molecule has 0 bridgehead atoms. The van der Waals surface area contributed by atoms with E-state index in [-0.39, 0.29) is 0 Å². The first-order chi connectivity index (χ1) is 7.09. The lowest BCUT2D eigenvalue weighted by Crippen LogP contribution is -2.02. The SMILES string of the molecule is C=C(C)[C@@H]1C/C=C(\C)CC/C=C(/C)CC1. The van der Waals surface area contributed by atoms with E-state index in [4.69, 9.17) is 0 Å². The molecule has 0 aromatic rings. The molecule has 0 unspecified atom stereocenters. The molecule has 0 aromatic carbocycles. The van der Waals surface area contributed by atoms with E-state index in [2.05, 4.69) is 39.5 Å². The average molecular weight is 204 g/mol. The predicted molar refractivity (Wildman–Crippen MR) is 68.9 cm³/mol. The minimum absolute atomic E-state index is 0.682. The maximum absolute atomic E-state index is 4.11. The van der Waals surface area contributed by atoms with Gasteiger partial charge in [0.15, 0.2) is 0 Å². The van der Waals surface area contributed by atoms with Crippen molar-refractivity contribution in [1.29, 1.82) is 0 Å².